The molecule has 4 aromatic rings. The molecule has 2 aromatic carbocycles. The van der Waals surface area contributed by atoms with E-state index >= 15 is 0 Å². The van der Waals surface area contributed by atoms with E-state index in [1.165, 1.54) is 0 Å². The summed E-state index contributed by atoms with van der Waals surface area (Å²) < 4.78 is 8.09. The third-order valence-corrected chi connectivity index (χ3v) is 3.94. The van der Waals surface area contributed by atoms with Gasteiger partial charge in [-0.15, -0.1) is 0 Å². The van der Waals surface area contributed by atoms with Crippen LogP contribution in [-0.4, -0.2) is 15.0 Å². The van der Waals surface area contributed by atoms with Crippen molar-refractivity contribution in [3.63, 3.8) is 0 Å². The van der Waals surface area contributed by atoms with Gasteiger partial charge in [-0.2, -0.15) is 0 Å². The van der Waals surface area contributed by atoms with Crippen molar-refractivity contribution < 1.29 is 9.21 Å². The number of hydrogen-bond acceptors (Lipinski definition) is 4. The standard InChI is InChI=1S/C17H13N3O3/c1-19-7-6-10-8-11(2-4-13(10)19)16(21)20-14-9-12(18)3-5-15(14)23-17(20)22/h2-9H,18H2,1H3. The number of fused-ring (bicyclic) bond motifs is 2. The van der Waals surface area contributed by atoms with E-state index in [1.807, 2.05) is 29.9 Å². The first-order chi connectivity index (χ1) is 11.0. The molecule has 6 nitrogen and oxygen atoms in total. The molecule has 0 spiro atoms. The maximum atomic E-state index is 12.8. The quantitative estimate of drug-likeness (QED) is 0.547. The number of benzene rings is 2. The zero-order chi connectivity index (χ0) is 16.1. The molecule has 0 amide bonds. The Kier molecular flexibility index (Phi) is 2.68. The van der Waals surface area contributed by atoms with Gasteiger partial charge < -0.3 is 14.7 Å². The van der Waals surface area contributed by atoms with Crippen molar-refractivity contribution in [3.8, 4) is 0 Å². The predicted molar refractivity (Wildman–Crippen MR) is 87.5 cm³/mol. The Balaban J connectivity index is 1.92. The van der Waals surface area contributed by atoms with Crippen LogP contribution in [0, 0.1) is 0 Å². The molecular formula is C17H13N3O3. The molecule has 0 aliphatic heterocycles. The maximum Gasteiger partial charge on any atom is 0.427 e. The number of hydrogen-bond donors (Lipinski definition) is 1. The zero-order valence-electron chi connectivity index (χ0n) is 12.3. The molecule has 0 atom stereocenters. The number of nitrogen functional groups attached to an aromatic ring is 1. The number of oxazole rings is 1. The van der Waals surface area contributed by atoms with E-state index in [2.05, 4.69) is 0 Å². The summed E-state index contributed by atoms with van der Waals surface area (Å²) >= 11 is 0. The van der Waals surface area contributed by atoms with Crippen LogP contribution in [0.2, 0.25) is 0 Å². The summed E-state index contributed by atoms with van der Waals surface area (Å²) in [5.74, 6) is -1.16. The lowest BCUT2D eigenvalue weighted by Crippen LogP contribution is -2.23. The summed E-state index contributed by atoms with van der Waals surface area (Å²) in [5.41, 5.74) is 8.33. The normalized spacial score (nSPS) is 11.3. The Morgan fingerprint density at radius 2 is 1.91 bits per heavy atom. The molecule has 114 valence electrons. The highest BCUT2D eigenvalue weighted by molar-refractivity contribution is 6.03. The van der Waals surface area contributed by atoms with Gasteiger partial charge in [0.25, 0.3) is 5.91 Å². The fourth-order valence-electron chi connectivity index (χ4n) is 2.77. The number of rotatable bonds is 1. The molecule has 0 radical (unpaired) electrons. The van der Waals surface area contributed by atoms with Crippen molar-refractivity contribution in [1.82, 2.24) is 9.13 Å². The lowest BCUT2D eigenvalue weighted by atomic mass is 10.1. The van der Waals surface area contributed by atoms with Crippen LogP contribution in [0.1, 0.15) is 10.4 Å². The molecule has 0 unspecified atom stereocenters. The lowest BCUT2D eigenvalue weighted by Gasteiger charge is -2.03. The van der Waals surface area contributed by atoms with Crippen LogP contribution in [0.15, 0.2) is 57.9 Å². The molecule has 6 heteroatoms. The van der Waals surface area contributed by atoms with Crippen LogP contribution in [0.5, 0.6) is 0 Å². The van der Waals surface area contributed by atoms with Crippen molar-refractivity contribution in [2.45, 2.75) is 0 Å². The van der Waals surface area contributed by atoms with Gasteiger partial charge in [-0.05, 0) is 42.5 Å². The molecular weight excluding hydrogens is 294 g/mol. The fourth-order valence-corrected chi connectivity index (χ4v) is 2.77. The summed E-state index contributed by atoms with van der Waals surface area (Å²) in [6.07, 6.45) is 1.92. The van der Waals surface area contributed by atoms with Gasteiger partial charge in [0, 0.05) is 35.4 Å². The molecule has 0 bridgehead atoms. The van der Waals surface area contributed by atoms with Gasteiger partial charge in [-0.25, -0.2) is 9.36 Å². The van der Waals surface area contributed by atoms with Crippen LogP contribution >= 0.6 is 0 Å². The predicted octanol–water partition coefficient (Wildman–Crippen LogP) is 2.36. The van der Waals surface area contributed by atoms with Gasteiger partial charge in [0.2, 0.25) is 0 Å². The topological polar surface area (TPSA) is 83.2 Å². The number of nitrogens with two attached hydrogens (primary N) is 1. The molecule has 2 aromatic heterocycles. The van der Waals surface area contributed by atoms with Crippen LogP contribution < -0.4 is 11.5 Å². The Bertz CT molecular complexity index is 1130. The van der Waals surface area contributed by atoms with E-state index in [-0.39, 0.29) is 0 Å². The Morgan fingerprint density at radius 3 is 2.74 bits per heavy atom. The highest BCUT2D eigenvalue weighted by Crippen LogP contribution is 2.20. The number of carbonyl (C=O) groups is 1. The van der Waals surface area contributed by atoms with Gasteiger partial charge in [0.05, 0.1) is 0 Å². The molecule has 0 saturated heterocycles. The molecule has 0 fully saturated rings. The first kappa shape index (κ1) is 13.4. The van der Waals surface area contributed by atoms with E-state index in [1.54, 1.807) is 30.3 Å². The average Bonchev–Trinajstić information content (AvgIpc) is 3.06. The van der Waals surface area contributed by atoms with Crippen molar-refractivity contribution in [1.29, 1.82) is 0 Å². The molecule has 0 saturated carbocycles. The van der Waals surface area contributed by atoms with E-state index in [0.717, 1.165) is 15.5 Å². The number of aromatic nitrogens is 2. The van der Waals surface area contributed by atoms with E-state index in [9.17, 15) is 9.59 Å². The molecule has 0 aliphatic carbocycles. The molecule has 2 heterocycles. The minimum absolute atomic E-state index is 0.332. The largest absolute Gasteiger partial charge is 0.427 e. The Morgan fingerprint density at radius 1 is 1.09 bits per heavy atom. The summed E-state index contributed by atoms with van der Waals surface area (Å²) in [5, 5.41) is 0.929. The molecule has 2 N–H and O–H groups in total. The number of carbonyl (C=O) groups excluding carboxylic acids is 1. The Hall–Kier alpha value is -3.28. The summed E-state index contributed by atoms with van der Waals surface area (Å²) in [6.45, 7) is 0. The smallest absolute Gasteiger partial charge is 0.407 e. The fraction of sp³-hybridized carbons (Fsp3) is 0.0588. The number of nitrogens with zero attached hydrogens (tertiary/aromatic N) is 2. The van der Waals surface area contributed by atoms with Crippen LogP contribution in [-0.2, 0) is 7.05 Å². The lowest BCUT2D eigenvalue weighted by molar-refractivity contribution is 0.0956. The molecule has 0 aliphatic rings. The third kappa shape index (κ3) is 1.96. The SMILES string of the molecule is Cn1ccc2cc(C(=O)n3c(=O)oc4ccc(N)cc43)ccc21. The summed E-state index contributed by atoms with van der Waals surface area (Å²) in [7, 11) is 1.93. The van der Waals surface area contributed by atoms with Gasteiger partial charge >= 0.3 is 5.76 Å². The van der Waals surface area contributed by atoms with Crippen LogP contribution in [0.25, 0.3) is 22.0 Å². The van der Waals surface area contributed by atoms with Crippen molar-refractivity contribution >= 4 is 33.6 Å². The highest BCUT2D eigenvalue weighted by Gasteiger charge is 2.18. The van der Waals surface area contributed by atoms with E-state index in [0.29, 0.717) is 22.4 Å². The first-order valence-corrected chi connectivity index (χ1v) is 7.05. The third-order valence-electron chi connectivity index (χ3n) is 3.94. The minimum atomic E-state index is -0.719. The molecule has 4 rings (SSSR count). The minimum Gasteiger partial charge on any atom is -0.407 e. The monoisotopic (exact) mass is 307 g/mol. The first-order valence-electron chi connectivity index (χ1n) is 7.05. The van der Waals surface area contributed by atoms with Crippen LogP contribution in [0.4, 0.5) is 5.69 Å². The Labute approximate surface area is 130 Å². The zero-order valence-corrected chi connectivity index (χ0v) is 12.3. The van der Waals surface area contributed by atoms with Gasteiger partial charge in [0.1, 0.15) is 5.52 Å². The maximum absolute atomic E-state index is 12.8. The van der Waals surface area contributed by atoms with E-state index in [4.69, 9.17) is 10.2 Å². The second-order valence-electron chi connectivity index (χ2n) is 5.44. The molecule has 23 heavy (non-hydrogen) atoms. The number of anilines is 1. The van der Waals surface area contributed by atoms with Gasteiger partial charge in [-0.1, -0.05) is 0 Å². The number of aryl methyl sites for hydroxylation is 1. The van der Waals surface area contributed by atoms with Crippen molar-refractivity contribution in [2.24, 2.45) is 7.05 Å². The summed E-state index contributed by atoms with van der Waals surface area (Å²) in [4.78, 5) is 24.8. The van der Waals surface area contributed by atoms with Crippen LogP contribution in [0.3, 0.4) is 0 Å². The summed E-state index contributed by atoms with van der Waals surface area (Å²) in [6, 6.07) is 12.0. The van der Waals surface area contributed by atoms with Gasteiger partial charge in [0.15, 0.2) is 5.58 Å². The highest BCUT2D eigenvalue weighted by atomic mass is 16.4. The second-order valence-corrected chi connectivity index (χ2v) is 5.44. The van der Waals surface area contributed by atoms with Crippen molar-refractivity contribution in [2.75, 3.05) is 5.73 Å². The van der Waals surface area contributed by atoms with Gasteiger partial charge in [-0.3, -0.25) is 4.79 Å². The average molecular weight is 307 g/mol. The second kappa shape index (κ2) is 4.61. The van der Waals surface area contributed by atoms with E-state index < -0.39 is 11.7 Å². The van der Waals surface area contributed by atoms with Crippen molar-refractivity contribution in [3.05, 3.63) is 64.8 Å².